The Morgan fingerprint density at radius 1 is 1.04 bits per heavy atom. The molecule has 0 amide bonds. The first-order chi connectivity index (χ1) is 12.5. The van der Waals surface area contributed by atoms with E-state index >= 15 is 0 Å². The van der Waals surface area contributed by atoms with Gasteiger partial charge in [-0.05, 0) is 54.2 Å². The van der Waals surface area contributed by atoms with Crippen LogP contribution in [0.5, 0.6) is 5.75 Å². The van der Waals surface area contributed by atoms with Crippen molar-refractivity contribution in [1.29, 1.82) is 0 Å². The Labute approximate surface area is 158 Å². The largest absolute Gasteiger partial charge is 0.497 e. The summed E-state index contributed by atoms with van der Waals surface area (Å²) in [6.07, 6.45) is 1.91. The Morgan fingerprint density at radius 2 is 1.65 bits per heavy atom. The molecule has 0 spiro atoms. The Kier molecular flexibility index (Phi) is 7.67. The average molecular weight is 375 g/mol. The summed E-state index contributed by atoms with van der Waals surface area (Å²) in [4.78, 5) is 23.4. The predicted octanol–water partition coefficient (Wildman–Crippen LogP) is 4.57. The van der Waals surface area contributed by atoms with Gasteiger partial charge in [-0.2, -0.15) is 0 Å². The van der Waals surface area contributed by atoms with Crippen molar-refractivity contribution in [2.75, 3.05) is 7.11 Å². The molecule has 0 aliphatic rings. The summed E-state index contributed by atoms with van der Waals surface area (Å²) in [5, 5.41) is 9.62. The number of carbonyl (C=O) groups is 2. The second kappa shape index (κ2) is 9.97. The third-order valence-corrected chi connectivity index (χ3v) is 4.53. The molecule has 2 aromatic carbocycles. The van der Waals surface area contributed by atoms with Crippen LogP contribution in [0.3, 0.4) is 0 Å². The fourth-order valence-electron chi connectivity index (χ4n) is 2.92. The molecule has 0 aliphatic carbocycles. The van der Waals surface area contributed by atoms with Gasteiger partial charge in [0.1, 0.15) is 11.5 Å². The van der Waals surface area contributed by atoms with Gasteiger partial charge in [0.15, 0.2) is 0 Å². The predicted molar refractivity (Wildman–Crippen MR) is 102 cm³/mol. The third kappa shape index (κ3) is 6.89. The van der Waals surface area contributed by atoms with E-state index in [1.807, 2.05) is 36.4 Å². The maximum absolute atomic E-state index is 12.4. The van der Waals surface area contributed by atoms with Crippen molar-refractivity contribution in [2.24, 2.45) is 5.92 Å². The van der Waals surface area contributed by atoms with E-state index in [9.17, 15) is 9.59 Å². The van der Waals surface area contributed by atoms with Crippen molar-refractivity contribution in [1.82, 2.24) is 0 Å². The Hall–Kier alpha value is -2.33. The molecule has 0 aromatic heterocycles. The number of Topliss-reactive ketones (excluding diaryl/α,β-unsaturated/α-hetero) is 1. The number of ether oxygens (including phenoxy) is 1. The van der Waals surface area contributed by atoms with Crippen molar-refractivity contribution < 1.29 is 19.4 Å². The molecule has 0 radical (unpaired) electrons. The van der Waals surface area contributed by atoms with Crippen LogP contribution in [-0.4, -0.2) is 24.0 Å². The zero-order chi connectivity index (χ0) is 18.9. The molecule has 2 rings (SSSR count). The minimum atomic E-state index is -0.838. The highest BCUT2D eigenvalue weighted by atomic mass is 35.5. The number of carboxylic acid groups (broad SMARTS) is 1. The van der Waals surface area contributed by atoms with Crippen LogP contribution in [0.2, 0.25) is 5.02 Å². The number of hydrogen-bond acceptors (Lipinski definition) is 3. The monoisotopic (exact) mass is 374 g/mol. The van der Waals surface area contributed by atoms with E-state index in [0.717, 1.165) is 16.9 Å². The molecule has 5 heteroatoms. The van der Waals surface area contributed by atoms with Crippen LogP contribution in [-0.2, 0) is 22.4 Å². The van der Waals surface area contributed by atoms with Crippen LogP contribution in [0.4, 0.5) is 0 Å². The van der Waals surface area contributed by atoms with E-state index in [1.54, 1.807) is 19.2 Å². The van der Waals surface area contributed by atoms with Gasteiger partial charge >= 0.3 is 5.97 Å². The molecule has 26 heavy (non-hydrogen) atoms. The molecule has 1 unspecified atom stereocenters. The van der Waals surface area contributed by atoms with E-state index < -0.39 is 5.97 Å². The first-order valence-electron chi connectivity index (χ1n) is 8.57. The van der Waals surface area contributed by atoms with Crippen molar-refractivity contribution >= 4 is 23.4 Å². The van der Waals surface area contributed by atoms with E-state index in [-0.39, 0.29) is 18.1 Å². The zero-order valence-corrected chi connectivity index (χ0v) is 15.5. The number of halogens is 1. The highest BCUT2D eigenvalue weighted by Crippen LogP contribution is 2.21. The number of hydrogen-bond donors (Lipinski definition) is 1. The third-order valence-electron chi connectivity index (χ3n) is 4.28. The van der Waals surface area contributed by atoms with Gasteiger partial charge in [-0.25, -0.2) is 0 Å². The standard InChI is InChI=1S/C21H23ClO4/c1-26-20-9-4-15(5-10-20)12-17(6-11-21(24)25)14-19(23)13-16-2-7-18(22)8-3-16/h2-5,7-10,17H,6,11-14H2,1H3,(H,24,25). The van der Waals surface area contributed by atoms with Crippen LogP contribution in [0.25, 0.3) is 0 Å². The van der Waals surface area contributed by atoms with E-state index in [0.29, 0.717) is 30.7 Å². The summed E-state index contributed by atoms with van der Waals surface area (Å²) >= 11 is 5.87. The maximum atomic E-state index is 12.4. The summed E-state index contributed by atoms with van der Waals surface area (Å²) in [6.45, 7) is 0. The van der Waals surface area contributed by atoms with Gasteiger partial charge in [-0.1, -0.05) is 35.9 Å². The van der Waals surface area contributed by atoms with Crippen LogP contribution in [0.1, 0.15) is 30.4 Å². The molecule has 138 valence electrons. The molecule has 4 nitrogen and oxygen atoms in total. The lowest BCUT2D eigenvalue weighted by Gasteiger charge is -2.16. The summed E-state index contributed by atoms with van der Waals surface area (Å²) in [5.41, 5.74) is 1.99. The molecule has 1 atom stereocenters. The lowest BCUT2D eigenvalue weighted by molar-refractivity contribution is -0.137. The summed E-state index contributed by atoms with van der Waals surface area (Å²) in [7, 11) is 1.61. The van der Waals surface area contributed by atoms with Crippen LogP contribution >= 0.6 is 11.6 Å². The summed E-state index contributed by atoms with van der Waals surface area (Å²) < 4.78 is 5.15. The molecule has 0 fully saturated rings. The molecular formula is C21H23ClO4. The molecule has 0 bridgehead atoms. The number of carboxylic acids is 1. The fraction of sp³-hybridized carbons (Fsp3) is 0.333. The van der Waals surface area contributed by atoms with Gasteiger partial charge in [0.25, 0.3) is 0 Å². The van der Waals surface area contributed by atoms with Gasteiger partial charge in [-0.15, -0.1) is 0 Å². The van der Waals surface area contributed by atoms with Gasteiger partial charge in [-0.3, -0.25) is 9.59 Å². The van der Waals surface area contributed by atoms with Crippen molar-refractivity contribution in [3.63, 3.8) is 0 Å². The Morgan fingerprint density at radius 3 is 2.23 bits per heavy atom. The molecule has 2 aromatic rings. The summed E-state index contributed by atoms with van der Waals surface area (Å²) in [5.74, 6) is 0.0417. The lowest BCUT2D eigenvalue weighted by Crippen LogP contribution is -2.15. The molecular weight excluding hydrogens is 352 g/mol. The SMILES string of the molecule is COc1ccc(CC(CCC(=O)O)CC(=O)Cc2ccc(Cl)cc2)cc1. The van der Waals surface area contributed by atoms with Gasteiger partial charge in [0, 0.05) is 24.3 Å². The average Bonchev–Trinajstić information content (AvgIpc) is 2.62. The quantitative estimate of drug-likeness (QED) is 0.661. The highest BCUT2D eigenvalue weighted by molar-refractivity contribution is 6.30. The smallest absolute Gasteiger partial charge is 0.303 e. The van der Waals surface area contributed by atoms with Crippen molar-refractivity contribution in [2.45, 2.75) is 32.1 Å². The number of methoxy groups -OCH3 is 1. The second-order valence-electron chi connectivity index (χ2n) is 6.40. The van der Waals surface area contributed by atoms with Crippen molar-refractivity contribution in [3.8, 4) is 5.75 Å². The van der Waals surface area contributed by atoms with Gasteiger partial charge in [0.05, 0.1) is 7.11 Å². The second-order valence-corrected chi connectivity index (χ2v) is 6.83. The highest BCUT2D eigenvalue weighted by Gasteiger charge is 2.17. The van der Waals surface area contributed by atoms with E-state index in [4.69, 9.17) is 21.4 Å². The Bertz CT molecular complexity index is 723. The van der Waals surface area contributed by atoms with Gasteiger partial charge < -0.3 is 9.84 Å². The molecule has 0 saturated heterocycles. The van der Waals surface area contributed by atoms with Crippen LogP contribution in [0, 0.1) is 5.92 Å². The number of carbonyl (C=O) groups excluding carboxylic acids is 1. The van der Waals surface area contributed by atoms with Crippen LogP contribution < -0.4 is 4.74 Å². The lowest BCUT2D eigenvalue weighted by atomic mass is 9.89. The first-order valence-corrected chi connectivity index (χ1v) is 8.95. The number of rotatable bonds is 10. The van der Waals surface area contributed by atoms with E-state index in [1.165, 1.54) is 0 Å². The fourth-order valence-corrected chi connectivity index (χ4v) is 3.05. The number of benzene rings is 2. The normalized spacial score (nSPS) is 11.8. The molecule has 0 heterocycles. The van der Waals surface area contributed by atoms with Crippen LogP contribution in [0.15, 0.2) is 48.5 Å². The minimum absolute atomic E-state index is 0.000653. The number of ketones is 1. The first kappa shape index (κ1) is 20.0. The maximum Gasteiger partial charge on any atom is 0.303 e. The van der Waals surface area contributed by atoms with Crippen molar-refractivity contribution in [3.05, 3.63) is 64.7 Å². The molecule has 0 aliphatic heterocycles. The van der Waals surface area contributed by atoms with E-state index in [2.05, 4.69) is 0 Å². The van der Waals surface area contributed by atoms with Gasteiger partial charge in [0.2, 0.25) is 0 Å². The zero-order valence-electron chi connectivity index (χ0n) is 14.8. The topological polar surface area (TPSA) is 63.6 Å². The molecule has 1 N–H and O–H groups in total. The minimum Gasteiger partial charge on any atom is -0.497 e. The summed E-state index contributed by atoms with van der Waals surface area (Å²) in [6, 6.07) is 14.9. The number of aliphatic carboxylic acids is 1. The Balaban J connectivity index is 1.99. The molecule has 0 saturated carbocycles.